The van der Waals surface area contributed by atoms with E-state index in [4.69, 9.17) is 4.42 Å². The predicted molar refractivity (Wildman–Crippen MR) is 114 cm³/mol. The van der Waals surface area contributed by atoms with E-state index in [9.17, 15) is 4.79 Å². The highest BCUT2D eigenvalue weighted by Crippen LogP contribution is 2.28. The minimum atomic E-state index is -0.199. The van der Waals surface area contributed by atoms with Gasteiger partial charge in [-0.25, -0.2) is 0 Å². The van der Waals surface area contributed by atoms with Crippen LogP contribution in [0.3, 0.4) is 0 Å². The maximum atomic E-state index is 12.8. The number of nitrogens with zero attached hydrogens (tertiary/aromatic N) is 4. The molecule has 4 rings (SSSR count). The van der Waals surface area contributed by atoms with E-state index in [0.29, 0.717) is 5.69 Å². The number of hydrogen-bond acceptors (Lipinski definition) is 5. The van der Waals surface area contributed by atoms with E-state index in [1.807, 2.05) is 85.4 Å². The zero-order valence-corrected chi connectivity index (χ0v) is 16.9. The van der Waals surface area contributed by atoms with Gasteiger partial charge in [0.2, 0.25) is 5.91 Å². The fraction of sp³-hybridized carbons (Fsp3) is 0.217. The highest BCUT2D eigenvalue weighted by atomic mass is 16.4. The van der Waals surface area contributed by atoms with Crippen molar-refractivity contribution in [2.24, 2.45) is 0 Å². The number of benzene rings is 2. The quantitative estimate of drug-likeness (QED) is 0.486. The van der Waals surface area contributed by atoms with Crippen molar-refractivity contribution in [1.29, 1.82) is 0 Å². The van der Waals surface area contributed by atoms with Gasteiger partial charge < -0.3 is 4.42 Å². The van der Waals surface area contributed by atoms with Crippen LogP contribution in [-0.2, 0) is 4.79 Å². The largest absolute Gasteiger partial charge is 0.401 e. The molecule has 2 aromatic heterocycles. The lowest BCUT2D eigenvalue weighted by atomic mass is 9.88. The van der Waals surface area contributed by atoms with Crippen molar-refractivity contribution in [3.63, 3.8) is 0 Å². The number of aromatic nitrogens is 4. The number of nitrogens with one attached hydrogen (secondary N) is 1. The molecule has 0 saturated heterocycles. The van der Waals surface area contributed by atoms with Crippen molar-refractivity contribution in [2.45, 2.75) is 32.2 Å². The molecular weight excluding hydrogens is 378 g/mol. The van der Waals surface area contributed by atoms with Crippen LogP contribution in [0.25, 0.3) is 11.6 Å². The Morgan fingerprint density at radius 1 is 0.967 bits per heavy atom. The van der Waals surface area contributed by atoms with Crippen LogP contribution < -0.4 is 5.32 Å². The molecule has 0 aliphatic heterocycles. The Labute approximate surface area is 174 Å². The molecule has 2 aromatic carbocycles. The molecule has 0 saturated carbocycles. The highest BCUT2D eigenvalue weighted by Gasteiger charge is 2.20. The maximum absolute atomic E-state index is 12.8. The van der Waals surface area contributed by atoms with Gasteiger partial charge in [0.25, 0.3) is 5.89 Å². The van der Waals surface area contributed by atoms with Crippen molar-refractivity contribution in [2.75, 3.05) is 5.32 Å². The van der Waals surface area contributed by atoms with E-state index in [1.165, 1.54) is 0 Å². The number of rotatable bonds is 7. The molecule has 1 N–H and O–H groups in total. The lowest BCUT2D eigenvalue weighted by Crippen LogP contribution is -2.16. The second-order valence-corrected chi connectivity index (χ2v) is 7.31. The van der Waals surface area contributed by atoms with Crippen molar-refractivity contribution in [3.05, 3.63) is 84.1 Å². The van der Waals surface area contributed by atoms with Gasteiger partial charge in [0, 0.05) is 24.6 Å². The Morgan fingerprint density at radius 2 is 1.60 bits per heavy atom. The van der Waals surface area contributed by atoms with Crippen LogP contribution in [0.1, 0.15) is 43.4 Å². The number of carbonyl (C=O) groups excluding carboxylic acids is 1. The molecular formula is C23H23N5O2. The zero-order chi connectivity index (χ0) is 20.9. The molecule has 0 bridgehead atoms. The molecule has 0 unspecified atom stereocenters. The van der Waals surface area contributed by atoms with Gasteiger partial charge in [-0.05, 0) is 31.0 Å². The molecule has 7 nitrogen and oxygen atoms in total. The molecule has 0 spiro atoms. The molecule has 1 amide bonds. The summed E-state index contributed by atoms with van der Waals surface area (Å²) >= 11 is 0. The van der Waals surface area contributed by atoms with Gasteiger partial charge in [-0.1, -0.05) is 65.8 Å². The van der Waals surface area contributed by atoms with Crippen LogP contribution >= 0.6 is 0 Å². The third kappa shape index (κ3) is 4.46. The average Bonchev–Trinajstić information content (AvgIpc) is 3.43. The van der Waals surface area contributed by atoms with Gasteiger partial charge in [0.1, 0.15) is 5.69 Å². The monoisotopic (exact) mass is 401 g/mol. The summed E-state index contributed by atoms with van der Waals surface area (Å²) in [4.78, 5) is 12.8. The second-order valence-electron chi connectivity index (χ2n) is 7.31. The minimum Gasteiger partial charge on any atom is -0.401 e. The summed E-state index contributed by atoms with van der Waals surface area (Å²) in [6.07, 6.45) is 2.11. The Hall–Kier alpha value is -3.74. The Kier molecular flexibility index (Phi) is 5.70. The number of hydrogen-bond donors (Lipinski definition) is 1. The molecule has 7 heteroatoms. The van der Waals surface area contributed by atoms with E-state index in [2.05, 4.69) is 20.6 Å². The van der Waals surface area contributed by atoms with Gasteiger partial charge >= 0.3 is 6.01 Å². The van der Waals surface area contributed by atoms with Crippen LogP contribution in [0.5, 0.6) is 0 Å². The lowest BCUT2D eigenvalue weighted by molar-refractivity contribution is -0.116. The lowest BCUT2D eigenvalue weighted by Gasteiger charge is -2.17. The Balaban J connectivity index is 1.48. The number of anilines is 1. The first-order valence-electron chi connectivity index (χ1n) is 9.89. The summed E-state index contributed by atoms with van der Waals surface area (Å²) in [7, 11) is 0. The second kappa shape index (κ2) is 8.73. The SMILES string of the molecule is CC(C)n1ccc(-c2nnc(NC(=O)CC(c3ccccc3)c3ccccc3)o2)n1. The van der Waals surface area contributed by atoms with Gasteiger partial charge in [-0.2, -0.15) is 5.10 Å². The number of carbonyl (C=O) groups is 1. The van der Waals surface area contributed by atoms with Gasteiger partial charge in [0.05, 0.1) is 0 Å². The standard InChI is InChI=1S/C23H23N5O2/c1-16(2)28-14-13-20(27-28)22-25-26-23(30-22)24-21(29)15-19(17-9-5-3-6-10-17)18-11-7-4-8-12-18/h3-14,16,19H,15H2,1-2H3,(H,24,26,29). The topological polar surface area (TPSA) is 85.8 Å². The van der Waals surface area contributed by atoms with E-state index in [1.54, 1.807) is 6.07 Å². The smallest absolute Gasteiger partial charge is 0.322 e. The molecule has 0 aliphatic carbocycles. The average molecular weight is 401 g/mol. The van der Waals surface area contributed by atoms with Crippen molar-refractivity contribution < 1.29 is 9.21 Å². The molecule has 0 atom stereocenters. The first-order valence-corrected chi connectivity index (χ1v) is 9.89. The summed E-state index contributed by atoms with van der Waals surface area (Å²) in [6.45, 7) is 4.07. The third-order valence-corrected chi connectivity index (χ3v) is 4.82. The summed E-state index contributed by atoms with van der Waals surface area (Å²) in [5.41, 5.74) is 2.72. The van der Waals surface area contributed by atoms with Gasteiger partial charge in [-0.3, -0.25) is 14.8 Å². The zero-order valence-electron chi connectivity index (χ0n) is 16.9. The van der Waals surface area contributed by atoms with E-state index in [-0.39, 0.29) is 36.2 Å². The summed E-state index contributed by atoms with van der Waals surface area (Å²) in [5, 5.41) is 15.1. The molecule has 0 fully saturated rings. The number of amides is 1. The Bertz CT molecular complexity index is 1060. The predicted octanol–water partition coefficient (Wildman–Crippen LogP) is 4.67. The van der Waals surface area contributed by atoms with Crippen molar-refractivity contribution in [1.82, 2.24) is 20.0 Å². The highest BCUT2D eigenvalue weighted by molar-refractivity contribution is 5.89. The molecule has 4 aromatic rings. The Morgan fingerprint density at radius 3 is 2.17 bits per heavy atom. The summed E-state index contributed by atoms with van der Waals surface area (Å²) in [6, 6.07) is 22.0. The van der Waals surface area contributed by atoms with Crippen LogP contribution in [0.15, 0.2) is 77.3 Å². The van der Waals surface area contributed by atoms with Crippen LogP contribution in [0.2, 0.25) is 0 Å². The summed E-state index contributed by atoms with van der Waals surface area (Å²) < 4.78 is 7.40. The molecule has 152 valence electrons. The van der Waals surface area contributed by atoms with Crippen molar-refractivity contribution in [3.8, 4) is 11.6 Å². The fourth-order valence-electron chi connectivity index (χ4n) is 3.27. The van der Waals surface area contributed by atoms with Gasteiger partial charge in [0.15, 0.2) is 0 Å². The normalized spacial score (nSPS) is 11.2. The maximum Gasteiger partial charge on any atom is 0.322 e. The first kappa shape index (κ1) is 19.6. The van der Waals surface area contributed by atoms with Crippen LogP contribution in [-0.4, -0.2) is 25.9 Å². The van der Waals surface area contributed by atoms with E-state index < -0.39 is 0 Å². The first-order chi connectivity index (χ1) is 14.6. The molecule has 2 heterocycles. The van der Waals surface area contributed by atoms with Crippen LogP contribution in [0.4, 0.5) is 6.01 Å². The molecule has 0 radical (unpaired) electrons. The van der Waals surface area contributed by atoms with E-state index >= 15 is 0 Å². The molecule has 30 heavy (non-hydrogen) atoms. The molecule has 0 aliphatic rings. The summed E-state index contributed by atoms with van der Waals surface area (Å²) in [5.74, 6) is -0.000447. The van der Waals surface area contributed by atoms with Crippen molar-refractivity contribution >= 4 is 11.9 Å². The fourth-order valence-corrected chi connectivity index (χ4v) is 3.27. The van der Waals surface area contributed by atoms with Gasteiger partial charge in [-0.15, -0.1) is 5.10 Å². The van der Waals surface area contributed by atoms with E-state index in [0.717, 1.165) is 11.1 Å². The third-order valence-electron chi connectivity index (χ3n) is 4.82. The minimum absolute atomic E-state index is 0.0639. The van der Waals surface area contributed by atoms with Crippen LogP contribution in [0, 0.1) is 0 Å².